The van der Waals surface area contributed by atoms with E-state index in [0.717, 1.165) is 32.9 Å². The van der Waals surface area contributed by atoms with Crippen molar-refractivity contribution < 1.29 is 35.7 Å². The number of alkyl halides is 3. The Balaban J connectivity index is 1.51. The number of imidazole rings is 1. The van der Waals surface area contributed by atoms with Crippen LogP contribution in [0.2, 0.25) is 0 Å². The Kier molecular flexibility index (Phi) is 10.7. The van der Waals surface area contributed by atoms with Crippen LogP contribution in [-0.2, 0) is 27.5 Å². The first-order valence-electron chi connectivity index (χ1n) is 16.5. The second kappa shape index (κ2) is 14.8. The van der Waals surface area contributed by atoms with Gasteiger partial charge in [-0.05, 0) is 118 Å². The summed E-state index contributed by atoms with van der Waals surface area (Å²) in [5.41, 5.74) is 1.36. The number of benzene rings is 3. The number of carbonyl (C=O) groups is 2. The Morgan fingerprint density at radius 1 is 1.00 bits per heavy atom. The summed E-state index contributed by atoms with van der Waals surface area (Å²) in [5.74, 6) is -0.564. The Labute approximate surface area is 308 Å². The van der Waals surface area contributed by atoms with E-state index < -0.39 is 45.5 Å². The lowest BCUT2D eigenvalue weighted by atomic mass is 9.96. The van der Waals surface area contributed by atoms with Crippen molar-refractivity contribution in [2.45, 2.75) is 58.2 Å². The summed E-state index contributed by atoms with van der Waals surface area (Å²) in [7, 11) is -3.02. The van der Waals surface area contributed by atoms with E-state index in [-0.39, 0.29) is 40.6 Å². The molecule has 3 aromatic carbocycles. The molecule has 0 saturated heterocycles. The molecule has 13 nitrogen and oxygen atoms in total. The van der Waals surface area contributed by atoms with E-state index in [9.17, 15) is 45.8 Å². The van der Waals surface area contributed by atoms with Crippen LogP contribution in [0.5, 0.6) is 0 Å². The fraction of sp³-hybridized carbons (Fsp3) is 0.270. The molecule has 0 aliphatic rings. The average molecular weight is 764 g/mol. The molecular formula is C37H36F3N7O6S. The number of hydrogen-bond acceptors (Lipinski definition) is 7. The molecule has 5 rings (SSSR count). The molecule has 2 heterocycles. The largest absolute Gasteiger partial charge is 0.416 e. The molecule has 17 heteroatoms. The van der Waals surface area contributed by atoms with Gasteiger partial charge < -0.3 is 10.2 Å². The topological polar surface area (TPSA) is 172 Å². The number of amides is 2. The second-order valence-electron chi connectivity index (χ2n) is 12.8. The molecule has 0 spiro atoms. The molecule has 282 valence electrons. The highest BCUT2D eigenvalue weighted by Gasteiger charge is 2.33. The Hall–Kier alpha value is -5.99. The quantitative estimate of drug-likeness (QED) is 0.185. The smallest absolute Gasteiger partial charge is 0.344 e. The first-order chi connectivity index (χ1) is 25.3. The summed E-state index contributed by atoms with van der Waals surface area (Å²) in [6.07, 6.45) is -3.11. The summed E-state index contributed by atoms with van der Waals surface area (Å²) in [4.78, 5) is 42.8. The van der Waals surface area contributed by atoms with E-state index >= 15 is 0 Å². The molecule has 2 aromatic heterocycles. The Morgan fingerprint density at radius 2 is 1.67 bits per heavy atom. The number of hydrogen-bond donors (Lipinski definition) is 2. The number of likely N-dealkylation sites (N-methyl/N-ethyl adjacent to an activating group) is 1. The molecule has 1 atom stereocenters. The molecule has 2 N–H and O–H groups in total. The van der Waals surface area contributed by atoms with Crippen LogP contribution in [0.1, 0.15) is 46.0 Å². The highest BCUT2D eigenvalue weighted by molar-refractivity contribution is 7.85. The Bertz CT molecular complexity index is 2490. The van der Waals surface area contributed by atoms with Gasteiger partial charge in [0, 0.05) is 13.6 Å². The summed E-state index contributed by atoms with van der Waals surface area (Å²) in [6.45, 7) is 8.06. The van der Waals surface area contributed by atoms with Gasteiger partial charge >= 0.3 is 17.9 Å². The van der Waals surface area contributed by atoms with Gasteiger partial charge in [-0.2, -0.15) is 31.9 Å². The maximum atomic E-state index is 14.1. The molecular weight excluding hydrogens is 728 g/mol. The zero-order valence-electron chi connectivity index (χ0n) is 30.1. The average Bonchev–Trinajstić information content (AvgIpc) is 3.70. The summed E-state index contributed by atoms with van der Waals surface area (Å²) < 4.78 is 77.9. The molecule has 0 aliphatic heterocycles. The van der Waals surface area contributed by atoms with E-state index in [2.05, 4.69) is 10.4 Å². The van der Waals surface area contributed by atoms with E-state index in [1.165, 1.54) is 54.9 Å². The lowest BCUT2D eigenvalue weighted by molar-refractivity contribution is -0.137. The highest BCUT2D eigenvalue weighted by Crippen LogP contribution is 2.32. The van der Waals surface area contributed by atoms with E-state index in [0.29, 0.717) is 27.9 Å². The number of nitrogens with one attached hydrogen (secondary N) is 1. The number of rotatable bonds is 9. The van der Waals surface area contributed by atoms with E-state index in [4.69, 9.17) is 0 Å². The van der Waals surface area contributed by atoms with Crippen molar-refractivity contribution in [2.75, 3.05) is 13.6 Å². The summed E-state index contributed by atoms with van der Waals surface area (Å²) in [6, 6.07) is 13.0. The number of aromatic nitrogens is 4. The van der Waals surface area contributed by atoms with Gasteiger partial charge in [0.25, 0.3) is 10.1 Å². The van der Waals surface area contributed by atoms with Crippen molar-refractivity contribution in [3.05, 3.63) is 116 Å². The molecule has 0 radical (unpaired) electrons. The summed E-state index contributed by atoms with van der Waals surface area (Å²) in [5, 5.41) is 16.1. The third kappa shape index (κ3) is 7.56. The molecule has 0 fully saturated rings. The van der Waals surface area contributed by atoms with Gasteiger partial charge in [-0.3, -0.25) is 13.9 Å². The van der Waals surface area contributed by atoms with Crippen LogP contribution >= 0.6 is 0 Å². The molecule has 2 amide bonds. The van der Waals surface area contributed by atoms with Crippen LogP contribution in [0.4, 0.5) is 18.0 Å². The molecule has 5 aromatic rings. The predicted octanol–water partition coefficient (Wildman–Crippen LogP) is 5.51. The summed E-state index contributed by atoms with van der Waals surface area (Å²) >= 11 is 0. The number of halogens is 3. The molecule has 54 heavy (non-hydrogen) atoms. The number of nitrogens with zero attached hydrogens (tertiary/aromatic N) is 6. The van der Waals surface area contributed by atoms with Crippen LogP contribution < -0.4 is 11.0 Å². The fourth-order valence-electron chi connectivity index (χ4n) is 6.24. The van der Waals surface area contributed by atoms with Crippen molar-refractivity contribution in [3.8, 4) is 28.8 Å². The second-order valence-corrected chi connectivity index (χ2v) is 14.2. The maximum absolute atomic E-state index is 14.1. The van der Waals surface area contributed by atoms with Crippen LogP contribution in [0, 0.1) is 39.0 Å². The minimum atomic E-state index is -4.72. The maximum Gasteiger partial charge on any atom is 0.416 e. The predicted molar refractivity (Wildman–Crippen MR) is 192 cm³/mol. The molecule has 0 bridgehead atoms. The zero-order chi connectivity index (χ0) is 39.9. The van der Waals surface area contributed by atoms with E-state index in [1.807, 2.05) is 6.07 Å². The normalized spacial score (nSPS) is 12.3. The Morgan fingerprint density at radius 3 is 2.28 bits per heavy atom. The van der Waals surface area contributed by atoms with Crippen molar-refractivity contribution in [1.82, 2.24) is 29.1 Å². The van der Waals surface area contributed by atoms with E-state index in [1.54, 1.807) is 45.0 Å². The van der Waals surface area contributed by atoms with Gasteiger partial charge in [0.2, 0.25) is 5.91 Å². The number of nitriles is 1. The van der Waals surface area contributed by atoms with Crippen LogP contribution in [0.3, 0.4) is 0 Å². The van der Waals surface area contributed by atoms with Gasteiger partial charge in [-0.25, -0.2) is 18.8 Å². The standard InChI is InChI=1S/C37H36F3N7O6S/c1-21-22(2)27(18-32(23(21)3)54(51,52)53)15-17-44(6)34(48)24(4)43-35(49)46-33(31-14-16-42-47(31)29-12-10-26(20-41)11-13-29)25(5)45(36(46)50)30-9-7-8-28(19-30)37(38,39)40/h7-14,16,18-19,24H,15,17H2,1-6H3,(H,43,49)(H,51,52,53). The third-order valence-corrected chi connectivity index (χ3v) is 10.4. The molecule has 1 unspecified atom stereocenters. The van der Waals surface area contributed by atoms with Crippen molar-refractivity contribution in [3.63, 3.8) is 0 Å². The van der Waals surface area contributed by atoms with Crippen LogP contribution in [0.25, 0.3) is 22.8 Å². The SMILES string of the molecule is Cc1c(CCN(C)C(=O)C(C)NC(=O)n2c(-c3ccnn3-c3ccc(C#N)cc3)c(C)n(-c3cccc(C(F)(F)F)c3)c2=O)cc(S(=O)(=O)O)c(C)c1C. The van der Waals surface area contributed by atoms with Crippen molar-refractivity contribution in [1.29, 1.82) is 5.26 Å². The van der Waals surface area contributed by atoms with Gasteiger partial charge in [0.1, 0.15) is 11.7 Å². The third-order valence-electron chi connectivity index (χ3n) is 9.41. The minimum Gasteiger partial charge on any atom is -0.344 e. The van der Waals surface area contributed by atoms with Gasteiger partial charge in [0.15, 0.2) is 0 Å². The lowest BCUT2D eigenvalue weighted by Gasteiger charge is -2.23. The van der Waals surface area contributed by atoms with Crippen molar-refractivity contribution in [2.24, 2.45) is 0 Å². The first kappa shape index (κ1) is 39.2. The highest BCUT2D eigenvalue weighted by atomic mass is 32.2. The minimum absolute atomic E-state index is 0.0235. The van der Waals surface area contributed by atoms with Gasteiger partial charge in [0.05, 0.1) is 51.1 Å². The molecule has 0 saturated carbocycles. The fourth-order valence-corrected chi connectivity index (χ4v) is 7.07. The van der Waals surface area contributed by atoms with Gasteiger partial charge in [-0.1, -0.05) is 6.07 Å². The van der Waals surface area contributed by atoms with Crippen molar-refractivity contribution >= 4 is 22.1 Å². The number of carbonyl (C=O) groups excluding carboxylic acids is 2. The van der Waals surface area contributed by atoms with Crippen LogP contribution in [0.15, 0.2) is 76.6 Å². The first-order valence-corrected chi connectivity index (χ1v) is 17.9. The zero-order valence-corrected chi connectivity index (χ0v) is 30.9. The lowest BCUT2D eigenvalue weighted by Crippen LogP contribution is -2.49. The monoisotopic (exact) mass is 763 g/mol. The van der Waals surface area contributed by atoms with Crippen LogP contribution in [-0.4, -0.2) is 68.4 Å². The van der Waals surface area contributed by atoms with Gasteiger partial charge in [-0.15, -0.1) is 0 Å². The molecule has 0 aliphatic carbocycles.